The number of rotatable bonds is 4. The van der Waals surface area contributed by atoms with Crippen molar-refractivity contribution >= 4 is 22.3 Å². The van der Waals surface area contributed by atoms with E-state index in [-0.39, 0.29) is 5.71 Å². The SMILES string of the molecule is C/C(N)=C(/C(=N)c1cccc(C)n1)c1ccc2ncc(-c3ccncc3)cc2n1.CC. The fraction of sp³-hybridized carbons (Fsp3) is 0.160. The van der Waals surface area contributed by atoms with Crippen LogP contribution in [0.25, 0.3) is 27.7 Å². The lowest BCUT2D eigenvalue weighted by molar-refractivity contribution is 1.17. The number of pyridine rings is 4. The van der Waals surface area contributed by atoms with Gasteiger partial charge in [0.2, 0.25) is 0 Å². The number of nitrogens with zero attached hydrogens (tertiary/aromatic N) is 4. The lowest BCUT2D eigenvalue weighted by atomic mass is 10.0. The second kappa shape index (κ2) is 9.71. The van der Waals surface area contributed by atoms with Crippen LogP contribution in [0.3, 0.4) is 0 Å². The number of allylic oxidation sites excluding steroid dienone is 2. The highest BCUT2D eigenvalue weighted by molar-refractivity contribution is 6.29. The quantitative estimate of drug-likeness (QED) is 0.451. The molecule has 6 nitrogen and oxygen atoms in total. The average molecular weight is 411 g/mol. The number of nitrogens with one attached hydrogen (secondary N) is 1. The smallest absolute Gasteiger partial charge is 0.0907 e. The number of fused-ring (bicyclic) bond motifs is 1. The van der Waals surface area contributed by atoms with Crippen LogP contribution in [0.15, 0.2) is 72.8 Å². The van der Waals surface area contributed by atoms with Crippen LogP contribution < -0.4 is 5.73 Å². The minimum Gasteiger partial charge on any atom is -0.402 e. The Kier molecular flexibility index (Phi) is 6.82. The Hall–Kier alpha value is -3.93. The molecule has 0 aromatic carbocycles. The van der Waals surface area contributed by atoms with Gasteiger partial charge in [0.1, 0.15) is 0 Å². The van der Waals surface area contributed by atoms with Gasteiger partial charge >= 0.3 is 0 Å². The first-order chi connectivity index (χ1) is 15.0. The molecule has 0 bridgehead atoms. The molecule has 4 rings (SSSR count). The molecule has 0 aliphatic carbocycles. The van der Waals surface area contributed by atoms with Crippen molar-refractivity contribution in [3.05, 3.63) is 89.9 Å². The van der Waals surface area contributed by atoms with Crippen molar-refractivity contribution in [1.82, 2.24) is 19.9 Å². The van der Waals surface area contributed by atoms with Gasteiger partial charge in [0.05, 0.1) is 28.1 Å². The molecule has 3 N–H and O–H groups in total. The molecule has 0 amide bonds. The van der Waals surface area contributed by atoms with E-state index in [1.165, 1.54) is 0 Å². The lowest BCUT2D eigenvalue weighted by Gasteiger charge is -2.12. The van der Waals surface area contributed by atoms with E-state index < -0.39 is 0 Å². The Morgan fingerprint density at radius 2 is 1.61 bits per heavy atom. The van der Waals surface area contributed by atoms with Crippen LogP contribution in [-0.4, -0.2) is 25.6 Å². The summed E-state index contributed by atoms with van der Waals surface area (Å²) in [6.07, 6.45) is 5.32. The van der Waals surface area contributed by atoms with Crippen molar-refractivity contribution in [2.45, 2.75) is 27.7 Å². The zero-order valence-corrected chi connectivity index (χ0v) is 18.2. The lowest BCUT2D eigenvalue weighted by Crippen LogP contribution is -2.12. The summed E-state index contributed by atoms with van der Waals surface area (Å²) in [6, 6.07) is 15.2. The van der Waals surface area contributed by atoms with Crippen molar-refractivity contribution in [2.75, 3.05) is 0 Å². The summed E-state index contributed by atoms with van der Waals surface area (Å²) in [5, 5.41) is 8.67. The Balaban J connectivity index is 0.00000132. The van der Waals surface area contributed by atoms with E-state index >= 15 is 0 Å². The summed E-state index contributed by atoms with van der Waals surface area (Å²) >= 11 is 0. The monoisotopic (exact) mass is 410 g/mol. The highest BCUT2D eigenvalue weighted by atomic mass is 14.8. The van der Waals surface area contributed by atoms with Gasteiger partial charge in [-0.15, -0.1) is 0 Å². The first kappa shape index (κ1) is 21.8. The van der Waals surface area contributed by atoms with Gasteiger partial charge in [-0.2, -0.15) is 0 Å². The summed E-state index contributed by atoms with van der Waals surface area (Å²) in [7, 11) is 0. The van der Waals surface area contributed by atoms with Crippen LogP contribution in [0, 0.1) is 12.3 Å². The Bertz CT molecular complexity index is 1240. The maximum atomic E-state index is 8.67. The maximum absolute atomic E-state index is 8.67. The molecule has 0 spiro atoms. The van der Waals surface area contributed by atoms with Crippen molar-refractivity contribution in [1.29, 1.82) is 5.41 Å². The van der Waals surface area contributed by atoms with E-state index in [4.69, 9.17) is 16.1 Å². The van der Waals surface area contributed by atoms with Crippen LogP contribution in [0.4, 0.5) is 0 Å². The first-order valence-corrected chi connectivity index (χ1v) is 10.2. The molecular formula is C25H26N6. The topological polar surface area (TPSA) is 101 Å². The largest absolute Gasteiger partial charge is 0.402 e. The number of hydrogen-bond donors (Lipinski definition) is 2. The molecule has 0 atom stereocenters. The van der Waals surface area contributed by atoms with E-state index in [1.54, 1.807) is 19.3 Å². The van der Waals surface area contributed by atoms with Crippen LogP contribution in [0.2, 0.25) is 0 Å². The number of nitrogens with two attached hydrogens (primary N) is 1. The molecule has 0 unspecified atom stereocenters. The minimum atomic E-state index is 0.249. The molecule has 0 aliphatic rings. The third-order valence-electron chi connectivity index (χ3n) is 4.60. The highest BCUT2D eigenvalue weighted by Crippen LogP contribution is 2.25. The van der Waals surface area contributed by atoms with Crippen molar-refractivity contribution in [3.63, 3.8) is 0 Å². The number of aromatic nitrogens is 4. The third kappa shape index (κ3) is 4.80. The van der Waals surface area contributed by atoms with Crippen molar-refractivity contribution in [2.24, 2.45) is 5.73 Å². The normalized spacial score (nSPS) is 11.4. The Labute approximate surface area is 182 Å². The summed E-state index contributed by atoms with van der Waals surface area (Å²) in [4.78, 5) is 17.8. The molecular weight excluding hydrogens is 384 g/mol. The predicted molar refractivity (Wildman–Crippen MR) is 127 cm³/mol. The summed E-state index contributed by atoms with van der Waals surface area (Å²) in [5.41, 5.74) is 13.0. The molecule has 0 aliphatic heterocycles. The molecule has 4 aromatic rings. The molecule has 0 saturated carbocycles. The van der Waals surface area contributed by atoms with Gasteiger partial charge in [-0.1, -0.05) is 19.9 Å². The second-order valence-electron chi connectivity index (χ2n) is 6.79. The molecule has 6 heteroatoms. The average Bonchev–Trinajstić information content (AvgIpc) is 2.80. The number of aryl methyl sites for hydroxylation is 1. The fourth-order valence-corrected chi connectivity index (χ4v) is 3.19. The predicted octanol–water partition coefficient (Wildman–Crippen LogP) is 5.18. The molecule has 4 heterocycles. The standard InChI is InChI=1S/C23H20N6.C2H6/c1-14-4-3-5-20(28-14)23(25)22(15(2)24)19-7-6-18-21(29-19)12-17(13-27-18)16-8-10-26-11-9-16;1-2/h3-13,25H,24H2,1-2H3;1-2H3/b22-15-,25-23?;. The zero-order chi connectivity index (χ0) is 22.4. The molecule has 0 radical (unpaired) electrons. The zero-order valence-electron chi connectivity index (χ0n) is 18.2. The molecule has 4 aromatic heterocycles. The van der Waals surface area contributed by atoms with Gasteiger partial charge in [0, 0.05) is 41.1 Å². The van der Waals surface area contributed by atoms with E-state index in [0.29, 0.717) is 22.7 Å². The van der Waals surface area contributed by atoms with Crippen LogP contribution in [0.1, 0.15) is 37.9 Å². The van der Waals surface area contributed by atoms with Gasteiger partial charge in [0.15, 0.2) is 0 Å². The highest BCUT2D eigenvalue weighted by Gasteiger charge is 2.16. The Morgan fingerprint density at radius 3 is 2.29 bits per heavy atom. The van der Waals surface area contributed by atoms with E-state index in [1.807, 2.05) is 75.5 Å². The Morgan fingerprint density at radius 1 is 0.871 bits per heavy atom. The van der Waals surface area contributed by atoms with E-state index in [9.17, 15) is 0 Å². The molecule has 156 valence electrons. The third-order valence-corrected chi connectivity index (χ3v) is 4.60. The van der Waals surface area contributed by atoms with Gasteiger partial charge in [-0.25, -0.2) is 4.98 Å². The van der Waals surface area contributed by atoms with Gasteiger partial charge in [0.25, 0.3) is 0 Å². The summed E-state index contributed by atoms with van der Waals surface area (Å²) < 4.78 is 0. The van der Waals surface area contributed by atoms with Gasteiger partial charge < -0.3 is 5.73 Å². The van der Waals surface area contributed by atoms with Crippen molar-refractivity contribution in [3.8, 4) is 11.1 Å². The van der Waals surface area contributed by atoms with Crippen LogP contribution in [0.5, 0.6) is 0 Å². The minimum absolute atomic E-state index is 0.249. The van der Waals surface area contributed by atoms with E-state index in [0.717, 1.165) is 27.9 Å². The van der Waals surface area contributed by atoms with Crippen LogP contribution in [-0.2, 0) is 0 Å². The summed E-state index contributed by atoms with van der Waals surface area (Å²) in [5.74, 6) is 0. The van der Waals surface area contributed by atoms with Crippen molar-refractivity contribution < 1.29 is 0 Å². The fourth-order valence-electron chi connectivity index (χ4n) is 3.19. The van der Waals surface area contributed by atoms with E-state index in [2.05, 4.69) is 15.0 Å². The maximum Gasteiger partial charge on any atom is 0.0907 e. The summed E-state index contributed by atoms with van der Waals surface area (Å²) in [6.45, 7) is 7.67. The molecule has 0 fully saturated rings. The molecule has 0 saturated heterocycles. The number of hydrogen-bond acceptors (Lipinski definition) is 6. The molecule has 31 heavy (non-hydrogen) atoms. The van der Waals surface area contributed by atoms with Crippen LogP contribution >= 0.6 is 0 Å². The van der Waals surface area contributed by atoms with Gasteiger partial charge in [-0.3, -0.25) is 20.4 Å². The van der Waals surface area contributed by atoms with Gasteiger partial charge in [-0.05, 0) is 61.9 Å². The second-order valence-corrected chi connectivity index (χ2v) is 6.79. The first-order valence-electron chi connectivity index (χ1n) is 10.2.